The first-order chi connectivity index (χ1) is 10.2. The number of nitrogens with zero attached hydrogens (tertiary/aromatic N) is 1. The molecule has 3 nitrogen and oxygen atoms in total. The van der Waals surface area contributed by atoms with Gasteiger partial charge in [0.05, 0.1) is 6.10 Å². The number of β-amino-alcohol motifs (C(OH)–C–C–N with tert-alkyl or cyclic N) is 1. The van der Waals surface area contributed by atoms with E-state index in [1.807, 2.05) is 0 Å². The minimum absolute atomic E-state index is 0.118. The fourth-order valence-electron chi connectivity index (χ4n) is 4.29. The van der Waals surface area contributed by atoms with Gasteiger partial charge in [0, 0.05) is 18.6 Å². The van der Waals surface area contributed by atoms with Crippen molar-refractivity contribution in [3.05, 3.63) is 0 Å². The first kappa shape index (κ1) is 17.2. The molecule has 1 saturated carbocycles. The van der Waals surface area contributed by atoms with Gasteiger partial charge < -0.3 is 10.4 Å². The summed E-state index contributed by atoms with van der Waals surface area (Å²) in [6, 6.07) is 1.16. The second-order valence-corrected chi connectivity index (χ2v) is 7.34. The van der Waals surface area contributed by atoms with E-state index in [-0.39, 0.29) is 6.10 Å². The molecule has 0 radical (unpaired) electrons. The number of piperidine rings is 1. The van der Waals surface area contributed by atoms with Crippen LogP contribution in [0.3, 0.4) is 0 Å². The Balaban J connectivity index is 1.79. The van der Waals surface area contributed by atoms with Crippen LogP contribution in [0, 0.1) is 5.92 Å². The molecule has 2 aliphatic rings. The highest BCUT2D eigenvalue weighted by Gasteiger charge is 2.29. The van der Waals surface area contributed by atoms with Crippen molar-refractivity contribution in [2.45, 2.75) is 89.8 Å². The van der Waals surface area contributed by atoms with Crippen LogP contribution in [0.5, 0.6) is 0 Å². The molecule has 21 heavy (non-hydrogen) atoms. The number of likely N-dealkylation sites (tertiary alicyclic amines) is 1. The number of aliphatic hydroxyl groups is 1. The van der Waals surface area contributed by atoms with Crippen molar-refractivity contribution in [1.82, 2.24) is 10.2 Å². The summed E-state index contributed by atoms with van der Waals surface area (Å²) in [7, 11) is 0. The molecule has 1 aliphatic carbocycles. The van der Waals surface area contributed by atoms with Crippen molar-refractivity contribution in [3.8, 4) is 0 Å². The largest absolute Gasteiger partial charge is 0.392 e. The molecular formula is C18H36N2O. The standard InChI is InChI=1S/C18H36N2O/c1-3-11-19-15(2)18-10-6-7-12-20(18)14-17(21)13-16-8-4-5-9-16/h15-19,21H,3-14H2,1-2H3. The zero-order chi connectivity index (χ0) is 15.1. The maximum absolute atomic E-state index is 10.5. The van der Waals surface area contributed by atoms with Gasteiger partial charge in [-0.3, -0.25) is 4.90 Å². The summed E-state index contributed by atoms with van der Waals surface area (Å²) in [5, 5.41) is 14.1. The molecule has 2 N–H and O–H groups in total. The SMILES string of the molecule is CCCNC(C)C1CCCCN1CC(O)CC1CCCC1. The molecule has 3 heteroatoms. The highest BCUT2D eigenvalue weighted by molar-refractivity contribution is 4.86. The summed E-state index contributed by atoms with van der Waals surface area (Å²) in [5.74, 6) is 0.791. The molecule has 3 unspecified atom stereocenters. The quantitative estimate of drug-likeness (QED) is 0.722. The minimum atomic E-state index is -0.118. The third-order valence-electron chi connectivity index (χ3n) is 5.48. The third-order valence-corrected chi connectivity index (χ3v) is 5.48. The lowest BCUT2D eigenvalue weighted by Crippen LogP contribution is -2.53. The van der Waals surface area contributed by atoms with Crippen molar-refractivity contribution >= 4 is 0 Å². The summed E-state index contributed by atoms with van der Waals surface area (Å²) in [5.41, 5.74) is 0. The van der Waals surface area contributed by atoms with E-state index in [1.165, 1.54) is 57.9 Å². The molecule has 0 spiro atoms. The fourth-order valence-corrected chi connectivity index (χ4v) is 4.29. The van der Waals surface area contributed by atoms with Crippen LogP contribution in [0.4, 0.5) is 0 Å². The second kappa shape index (κ2) is 9.12. The maximum Gasteiger partial charge on any atom is 0.0669 e. The lowest BCUT2D eigenvalue weighted by atomic mass is 9.94. The lowest BCUT2D eigenvalue weighted by molar-refractivity contribution is 0.0435. The van der Waals surface area contributed by atoms with Crippen LogP contribution in [-0.4, -0.2) is 47.8 Å². The van der Waals surface area contributed by atoms with Gasteiger partial charge in [0.15, 0.2) is 0 Å². The van der Waals surface area contributed by atoms with Crippen molar-refractivity contribution in [2.24, 2.45) is 5.92 Å². The van der Waals surface area contributed by atoms with E-state index in [4.69, 9.17) is 0 Å². The van der Waals surface area contributed by atoms with E-state index in [0.717, 1.165) is 25.4 Å². The van der Waals surface area contributed by atoms with Crippen molar-refractivity contribution < 1.29 is 5.11 Å². The van der Waals surface area contributed by atoms with Gasteiger partial charge >= 0.3 is 0 Å². The number of aliphatic hydroxyl groups excluding tert-OH is 1. The van der Waals surface area contributed by atoms with Crippen LogP contribution < -0.4 is 5.32 Å². The van der Waals surface area contributed by atoms with Gasteiger partial charge in [0.2, 0.25) is 0 Å². The van der Waals surface area contributed by atoms with Crippen LogP contribution in [0.15, 0.2) is 0 Å². The van der Waals surface area contributed by atoms with Crippen LogP contribution in [-0.2, 0) is 0 Å². The highest BCUT2D eigenvalue weighted by atomic mass is 16.3. The average Bonchev–Trinajstić information content (AvgIpc) is 2.98. The van der Waals surface area contributed by atoms with Crippen molar-refractivity contribution in [3.63, 3.8) is 0 Å². The molecule has 0 aromatic carbocycles. The Hall–Kier alpha value is -0.120. The molecule has 0 bridgehead atoms. The first-order valence-electron chi connectivity index (χ1n) is 9.36. The maximum atomic E-state index is 10.5. The number of hydrogen-bond donors (Lipinski definition) is 2. The predicted octanol–water partition coefficient (Wildman–Crippen LogP) is 3.17. The highest BCUT2D eigenvalue weighted by Crippen LogP contribution is 2.29. The van der Waals surface area contributed by atoms with E-state index in [0.29, 0.717) is 12.1 Å². The Bertz CT molecular complexity index is 278. The van der Waals surface area contributed by atoms with E-state index in [9.17, 15) is 5.11 Å². The predicted molar refractivity (Wildman–Crippen MR) is 89.5 cm³/mol. The van der Waals surface area contributed by atoms with Gasteiger partial charge in [-0.1, -0.05) is 39.0 Å². The fraction of sp³-hybridized carbons (Fsp3) is 1.00. The van der Waals surface area contributed by atoms with E-state index < -0.39 is 0 Å². The topological polar surface area (TPSA) is 35.5 Å². The van der Waals surface area contributed by atoms with Gasteiger partial charge in [0.1, 0.15) is 0 Å². The molecule has 0 aromatic rings. The average molecular weight is 296 g/mol. The molecule has 1 aliphatic heterocycles. The second-order valence-electron chi connectivity index (χ2n) is 7.34. The normalized spacial score (nSPS) is 27.9. The zero-order valence-corrected chi connectivity index (χ0v) is 14.2. The Morgan fingerprint density at radius 3 is 2.57 bits per heavy atom. The van der Waals surface area contributed by atoms with Gasteiger partial charge in [-0.2, -0.15) is 0 Å². The van der Waals surface area contributed by atoms with E-state index >= 15 is 0 Å². The van der Waals surface area contributed by atoms with Crippen LogP contribution in [0.25, 0.3) is 0 Å². The molecule has 0 aromatic heterocycles. The molecule has 2 rings (SSSR count). The van der Waals surface area contributed by atoms with Crippen LogP contribution in [0.2, 0.25) is 0 Å². The molecular weight excluding hydrogens is 260 g/mol. The molecule has 0 amide bonds. The van der Waals surface area contributed by atoms with E-state index in [1.54, 1.807) is 0 Å². The third kappa shape index (κ3) is 5.54. The first-order valence-corrected chi connectivity index (χ1v) is 9.36. The van der Waals surface area contributed by atoms with E-state index in [2.05, 4.69) is 24.1 Å². The number of hydrogen-bond acceptors (Lipinski definition) is 3. The summed E-state index contributed by atoms with van der Waals surface area (Å²) in [4.78, 5) is 2.57. The molecule has 3 atom stereocenters. The summed E-state index contributed by atoms with van der Waals surface area (Å²) < 4.78 is 0. The molecule has 1 saturated heterocycles. The van der Waals surface area contributed by atoms with Crippen LogP contribution in [0.1, 0.15) is 71.6 Å². The summed E-state index contributed by atoms with van der Waals surface area (Å²) in [6.07, 6.45) is 11.5. The number of rotatable bonds is 8. The molecule has 124 valence electrons. The van der Waals surface area contributed by atoms with Gasteiger partial charge in [-0.25, -0.2) is 0 Å². The zero-order valence-electron chi connectivity index (χ0n) is 14.2. The Kier molecular flexibility index (Phi) is 7.48. The van der Waals surface area contributed by atoms with Crippen molar-refractivity contribution in [1.29, 1.82) is 0 Å². The van der Waals surface area contributed by atoms with Gasteiger partial charge in [-0.05, 0) is 51.6 Å². The summed E-state index contributed by atoms with van der Waals surface area (Å²) >= 11 is 0. The minimum Gasteiger partial charge on any atom is -0.392 e. The monoisotopic (exact) mass is 296 g/mol. The lowest BCUT2D eigenvalue weighted by Gasteiger charge is -2.40. The van der Waals surface area contributed by atoms with Gasteiger partial charge in [-0.15, -0.1) is 0 Å². The van der Waals surface area contributed by atoms with Crippen molar-refractivity contribution in [2.75, 3.05) is 19.6 Å². The number of nitrogens with one attached hydrogen (secondary N) is 1. The van der Waals surface area contributed by atoms with Gasteiger partial charge in [0.25, 0.3) is 0 Å². The Morgan fingerprint density at radius 2 is 1.86 bits per heavy atom. The molecule has 2 fully saturated rings. The summed E-state index contributed by atoms with van der Waals surface area (Å²) in [6.45, 7) is 7.71. The molecule has 1 heterocycles. The Morgan fingerprint density at radius 1 is 1.14 bits per heavy atom. The Labute approximate surface area is 131 Å². The van der Waals surface area contributed by atoms with Crippen LogP contribution >= 0.6 is 0 Å². The smallest absolute Gasteiger partial charge is 0.0669 e.